The Morgan fingerprint density at radius 1 is 1.18 bits per heavy atom. The van der Waals surface area contributed by atoms with E-state index < -0.39 is 15.8 Å². The maximum Gasteiger partial charge on any atom is 0.263 e. The monoisotopic (exact) mass is 397 g/mol. The molecule has 2 aromatic carbocycles. The summed E-state index contributed by atoms with van der Waals surface area (Å²) in [5, 5.41) is 8.79. The first-order valence-electron chi connectivity index (χ1n) is 8.63. The largest absolute Gasteiger partial charge is 0.490 e. The zero-order chi connectivity index (χ0) is 19.7. The lowest BCUT2D eigenvalue weighted by atomic mass is 10.1. The highest BCUT2D eigenvalue weighted by atomic mass is 32.2. The van der Waals surface area contributed by atoms with Gasteiger partial charge in [-0.1, -0.05) is 12.1 Å². The Morgan fingerprint density at radius 2 is 1.96 bits per heavy atom. The lowest BCUT2D eigenvalue weighted by Crippen LogP contribution is -2.13. The Balaban J connectivity index is 1.61. The lowest BCUT2D eigenvalue weighted by molar-refractivity contribution is 0.304. The van der Waals surface area contributed by atoms with Crippen LogP contribution >= 0.6 is 0 Å². The molecular formula is C20H16FN3O3S. The predicted octanol–water partition coefficient (Wildman–Crippen LogP) is 4.03. The number of rotatable bonds is 6. The molecule has 4 rings (SSSR count). The van der Waals surface area contributed by atoms with Crippen molar-refractivity contribution in [1.29, 1.82) is 5.26 Å². The van der Waals surface area contributed by atoms with Crippen molar-refractivity contribution in [3.05, 3.63) is 66.1 Å². The van der Waals surface area contributed by atoms with Gasteiger partial charge in [-0.3, -0.25) is 4.72 Å². The molecule has 0 radical (unpaired) electrons. The Morgan fingerprint density at radius 3 is 2.68 bits per heavy atom. The van der Waals surface area contributed by atoms with Gasteiger partial charge >= 0.3 is 0 Å². The Labute approximate surface area is 161 Å². The van der Waals surface area contributed by atoms with Crippen LogP contribution < -0.4 is 9.46 Å². The smallest absolute Gasteiger partial charge is 0.263 e. The summed E-state index contributed by atoms with van der Waals surface area (Å²) in [4.78, 5) is 2.91. The number of nitrogens with zero attached hydrogens (tertiary/aromatic N) is 1. The average molecular weight is 397 g/mol. The van der Waals surface area contributed by atoms with E-state index in [0.717, 1.165) is 24.5 Å². The number of ether oxygens (including phenoxy) is 1. The van der Waals surface area contributed by atoms with E-state index in [1.54, 1.807) is 6.07 Å². The van der Waals surface area contributed by atoms with Crippen LogP contribution in [0.5, 0.6) is 5.75 Å². The SMILES string of the molecule is N#Cc1ccc(NS(=O)(=O)c2c[nH]c(-c3ccccc3OC3CC3)c2)c(F)c1. The van der Waals surface area contributed by atoms with Gasteiger partial charge in [0.15, 0.2) is 0 Å². The van der Waals surface area contributed by atoms with Crippen LogP contribution in [0.3, 0.4) is 0 Å². The number of hydrogen-bond acceptors (Lipinski definition) is 4. The van der Waals surface area contributed by atoms with Gasteiger partial charge in [-0.15, -0.1) is 0 Å². The summed E-state index contributed by atoms with van der Waals surface area (Å²) in [6.45, 7) is 0. The summed E-state index contributed by atoms with van der Waals surface area (Å²) in [5.74, 6) is -0.136. The molecule has 0 atom stereocenters. The Kier molecular flexibility index (Phi) is 4.53. The van der Waals surface area contributed by atoms with E-state index in [-0.39, 0.29) is 22.3 Å². The molecule has 0 unspecified atom stereocenters. The van der Waals surface area contributed by atoms with Crippen molar-refractivity contribution < 1.29 is 17.5 Å². The van der Waals surface area contributed by atoms with Gasteiger partial charge in [-0.05, 0) is 49.2 Å². The minimum Gasteiger partial charge on any atom is -0.490 e. The highest BCUT2D eigenvalue weighted by molar-refractivity contribution is 7.92. The van der Waals surface area contributed by atoms with E-state index in [0.29, 0.717) is 11.4 Å². The van der Waals surface area contributed by atoms with Gasteiger partial charge in [0.25, 0.3) is 10.0 Å². The minimum absolute atomic E-state index is 0.0347. The number of hydrogen-bond donors (Lipinski definition) is 2. The normalized spacial score (nSPS) is 13.7. The third-order valence-electron chi connectivity index (χ3n) is 4.30. The van der Waals surface area contributed by atoms with Crippen LogP contribution in [0.15, 0.2) is 59.6 Å². The summed E-state index contributed by atoms with van der Waals surface area (Å²) < 4.78 is 47.4. The molecule has 0 bridgehead atoms. The molecule has 142 valence electrons. The molecule has 0 amide bonds. The van der Waals surface area contributed by atoms with Crippen LogP contribution in [0.25, 0.3) is 11.3 Å². The number of halogens is 1. The summed E-state index contributed by atoms with van der Waals surface area (Å²) in [6.07, 6.45) is 3.57. The van der Waals surface area contributed by atoms with Gasteiger partial charge in [0.05, 0.1) is 29.1 Å². The number of nitriles is 1. The zero-order valence-corrected chi connectivity index (χ0v) is 15.5. The molecule has 6 nitrogen and oxygen atoms in total. The highest BCUT2D eigenvalue weighted by Crippen LogP contribution is 2.35. The Hall–Kier alpha value is -3.31. The zero-order valence-electron chi connectivity index (χ0n) is 14.6. The molecule has 1 aliphatic rings. The molecule has 0 saturated heterocycles. The number of aromatic amines is 1. The number of para-hydroxylation sites is 1. The third kappa shape index (κ3) is 3.70. The van der Waals surface area contributed by atoms with Crippen LogP contribution in [0.4, 0.5) is 10.1 Å². The average Bonchev–Trinajstić information content (AvgIpc) is 3.35. The molecule has 0 spiro atoms. The van der Waals surface area contributed by atoms with Crippen molar-refractivity contribution in [1.82, 2.24) is 4.98 Å². The van der Waals surface area contributed by atoms with Crippen molar-refractivity contribution in [3.8, 4) is 23.1 Å². The quantitative estimate of drug-likeness (QED) is 0.656. The van der Waals surface area contributed by atoms with E-state index in [2.05, 4.69) is 9.71 Å². The van der Waals surface area contributed by atoms with Crippen LogP contribution in [0, 0.1) is 17.1 Å². The molecule has 1 saturated carbocycles. The summed E-state index contributed by atoms with van der Waals surface area (Å²) in [6, 6.07) is 14.2. The van der Waals surface area contributed by atoms with Crippen LogP contribution in [0.2, 0.25) is 0 Å². The first-order chi connectivity index (χ1) is 13.5. The molecule has 0 aliphatic heterocycles. The van der Waals surface area contributed by atoms with Crippen molar-refractivity contribution in [3.63, 3.8) is 0 Å². The lowest BCUT2D eigenvalue weighted by Gasteiger charge is -2.09. The fraction of sp³-hybridized carbons (Fsp3) is 0.150. The van der Waals surface area contributed by atoms with E-state index in [4.69, 9.17) is 10.00 Å². The molecule has 2 N–H and O–H groups in total. The van der Waals surface area contributed by atoms with Gasteiger partial charge in [0, 0.05) is 11.8 Å². The number of sulfonamides is 1. The van der Waals surface area contributed by atoms with Gasteiger partial charge < -0.3 is 9.72 Å². The molecule has 28 heavy (non-hydrogen) atoms. The fourth-order valence-electron chi connectivity index (χ4n) is 2.71. The van der Waals surface area contributed by atoms with Gasteiger partial charge in [-0.2, -0.15) is 5.26 Å². The van der Waals surface area contributed by atoms with Gasteiger partial charge in [-0.25, -0.2) is 12.8 Å². The summed E-state index contributed by atoms with van der Waals surface area (Å²) in [5.41, 5.74) is 1.22. The van der Waals surface area contributed by atoms with E-state index in [1.807, 2.05) is 24.3 Å². The fourth-order valence-corrected chi connectivity index (χ4v) is 3.77. The van der Waals surface area contributed by atoms with Crippen molar-refractivity contribution in [2.24, 2.45) is 0 Å². The van der Waals surface area contributed by atoms with Crippen LogP contribution in [-0.4, -0.2) is 19.5 Å². The predicted molar refractivity (Wildman–Crippen MR) is 102 cm³/mol. The first-order valence-corrected chi connectivity index (χ1v) is 10.1. The molecule has 1 aromatic heterocycles. The molecule has 1 fully saturated rings. The highest BCUT2D eigenvalue weighted by Gasteiger charge is 2.25. The molecule has 1 heterocycles. The maximum absolute atomic E-state index is 14.0. The van der Waals surface area contributed by atoms with Gasteiger partial charge in [0.1, 0.15) is 16.5 Å². The third-order valence-corrected chi connectivity index (χ3v) is 5.65. The van der Waals surface area contributed by atoms with Crippen LogP contribution in [-0.2, 0) is 10.0 Å². The number of aromatic nitrogens is 1. The number of nitrogens with one attached hydrogen (secondary N) is 2. The minimum atomic E-state index is -4.01. The number of H-pyrrole nitrogens is 1. The first kappa shape index (κ1) is 18.1. The van der Waals surface area contributed by atoms with Crippen LogP contribution in [0.1, 0.15) is 18.4 Å². The maximum atomic E-state index is 14.0. The van der Waals surface area contributed by atoms with E-state index >= 15 is 0 Å². The van der Waals surface area contributed by atoms with E-state index in [1.165, 1.54) is 24.4 Å². The molecular weight excluding hydrogens is 381 g/mol. The second-order valence-corrected chi connectivity index (χ2v) is 8.16. The number of benzene rings is 2. The standard InChI is InChI=1S/C20H16FN3O3S/c21-17-9-13(11-22)5-8-18(17)24-28(25,26)15-10-19(23-12-15)16-3-1-2-4-20(16)27-14-6-7-14/h1-5,8-10,12,14,23-24H,6-7H2. The second-order valence-electron chi connectivity index (χ2n) is 6.47. The summed E-state index contributed by atoms with van der Waals surface area (Å²) >= 11 is 0. The van der Waals surface area contributed by atoms with Crippen molar-refractivity contribution in [2.75, 3.05) is 4.72 Å². The number of anilines is 1. The van der Waals surface area contributed by atoms with Crippen molar-refractivity contribution in [2.45, 2.75) is 23.8 Å². The van der Waals surface area contributed by atoms with E-state index in [9.17, 15) is 12.8 Å². The second kappa shape index (κ2) is 7.02. The van der Waals surface area contributed by atoms with Gasteiger partial charge in [0.2, 0.25) is 0 Å². The molecule has 1 aliphatic carbocycles. The topological polar surface area (TPSA) is 95.0 Å². The van der Waals surface area contributed by atoms with Crippen molar-refractivity contribution >= 4 is 15.7 Å². The Bertz CT molecular complexity index is 1180. The molecule has 3 aromatic rings. The molecule has 8 heteroatoms. The summed E-state index contributed by atoms with van der Waals surface area (Å²) in [7, 11) is -4.01.